The van der Waals surface area contributed by atoms with Crippen LogP contribution in [0.1, 0.15) is 51.9 Å². The van der Waals surface area contributed by atoms with Gasteiger partial charge >= 0.3 is 0 Å². The number of aliphatic hydroxyl groups is 1. The molecule has 1 saturated heterocycles. The lowest BCUT2D eigenvalue weighted by Gasteiger charge is -2.30. The summed E-state index contributed by atoms with van der Waals surface area (Å²) in [5, 5.41) is 9.53. The highest BCUT2D eigenvalue weighted by Crippen LogP contribution is 2.26. The van der Waals surface area contributed by atoms with Crippen molar-refractivity contribution in [2.45, 2.75) is 70.1 Å². The molecule has 2 rings (SSSR count). The second-order valence-electron chi connectivity index (χ2n) is 5.60. The Bertz CT molecular complexity index is 366. The molecule has 0 bridgehead atoms. The molecule has 6 heteroatoms. The Labute approximate surface area is 110 Å². The van der Waals surface area contributed by atoms with Crippen molar-refractivity contribution in [1.29, 1.82) is 0 Å². The number of rotatable bonds is 5. The first-order valence-electron chi connectivity index (χ1n) is 6.96. The van der Waals surface area contributed by atoms with Gasteiger partial charge in [-0.25, -0.2) is 0 Å². The van der Waals surface area contributed by atoms with E-state index in [1.807, 2.05) is 0 Å². The van der Waals surface area contributed by atoms with Crippen LogP contribution in [0.4, 0.5) is 0 Å². The van der Waals surface area contributed by atoms with Crippen molar-refractivity contribution in [1.82, 2.24) is 9.03 Å². The summed E-state index contributed by atoms with van der Waals surface area (Å²) in [5.74, 6) is 0. The van der Waals surface area contributed by atoms with Crippen LogP contribution in [0.5, 0.6) is 0 Å². The van der Waals surface area contributed by atoms with Crippen LogP contribution < -0.4 is 4.72 Å². The highest BCUT2D eigenvalue weighted by atomic mass is 32.2. The molecular formula is C12H24N2O3S. The van der Waals surface area contributed by atoms with Gasteiger partial charge in [0.25, 0.3) is 10.2 Å². The van der Waals surface area contributed by atoms with E-state index in [1.54, 1.807) is 11.2 Å². The Morgan fingerprint density at radius 2 is 2.00 bits per heavy atom. The fourth-order valence-corrected chi connectivity index (χ4v) is 4.32. The standard InChI is InChI=1S/C12H24N2O3S/c1-10(15)9-12-5-3-2-4-8-14(12)18(16,17)13-11-6-7-11/h10-13,15H,2-9H2,1H3. The normalized spacial score (nSPS) is 28.9. The Balaban J connectivity index is 2.08. The molecule has 0 spiro atoms. The minimum Gasteiger partial charge on any atom is -0.393 e. The van der Waals surface area contributed by atoms with Crippen LogP contribution in [0.2, 0.25) is 0 Å². The van der Waals surface area contributed by atoms with Crippen LogP contribution in [0, 0.1) is 0 Å². The van der Waals surface area contributed by atoms with Gasteiger partial charge in [-0.15, -0.1) is 0 Å². The van der Waals surface area contributed by atoms with Gasteiger partial charge in [-0.2, -0.15) is 17.4 Å². The maximum absolute atomic E-state index is 12.3. The summed E-state index contributed by atoms with van der Waals surface area (Å²) >= 11 is 0. The fourth-order valence-electron chi connectivity index (χ4n) is 2.58. The Morgan fingerprint density at radius 1 is 1.28 bits per heavy atom. The Hall–Kier alpha value is -0.170. The van der Waals surface area contributed by atoms with Crippen LogP contribution in [0.15, 0.2) is 0 Å². The number of aliphatic hydroxyl groups excluding tert-OH is 1. The molecule has 2 atom stereocenters. The number of hydrogen-bond acceptors (Lipinski definition) is 3. The van der Waals surface area contributed by atoms with Gasteiger partial charge < -0.3 is 5.11 Å². The number of nitrogens with zero attached hydrogens (tertiary/aromatic N) is 1. The Morgan fingerprint density at radius 3 is 2.61 bits per heavy atom. The van der Waals surface area contributed by atoms with Crippen LogP contribution in [-0.4, -0.2) is 42.6 Å². The first kappa shape index (κ1) is 14.2. The summed E-state index contributed by atoms with van der Waals surface area (Å²) < 4.78 is 29.0. The van der Waals surface area contributed by atoms with E-state index in [2.05, 4.69) is 4.72 Å². The average Bonchev–Trinajstić information content (AvgIpc) is 3.04. The molecule has 1 heterocycles. The molecule has 106 valence electrons. The van der Waals surface area contributed by atoms with Gasteiger partial charge in [-0.05, 0) is 39.0 Å². The predicted molar refractivity (Wildman–Crippen MR) is 70.3 cm³/mol. The zero-order chi connectivity index (χ0) is 13.2. The van der Waals surface area contributed by atoms with Gasteiger partial charge in [0.1, 0.15) is 0 Å². The maximum atomic E-state index is 12.3. The summed E-state index contributed by atoms with van der Waals surface area (Å²) in [6.45, 7) is 2.31. The molecule has 1 saturated carbocycles. The smallest absolute Gasteiger partial charge is 0.279 e. The molecule has 0 aromatic rings. The van der Waals surface area contributed by atoms with Crippen LogP contribution in [0.3, 0.4) is 0 Å². The molecular weight excluding hydrogens is 252 g/mol. The summed E-state index contributed by atoms with van der Waals surface area (Å²) in [6, 6.07) is 0.0919. The number of nitrogens with one attached hydrogen (secondary N) is 1. The van der Waals surface area contributed by atoms with Crippen LogP contribution >= 0.6 is 0 Å². The zero-order valence-corrected chi connectivity index (χ0v) is 11.8. The molecule has 2 aliphatic rings. The summed E-state index contributed by atoms with van der Waals surface area (Å²) in [7, 11) is -3.37. The Kier molecular flexibility index (Phi) is 4.64. The van der Waals surface area contributed by atoms with Crippen molar-refractivity contribution >= 4 is 10.2 Å². The second kappa shape index (κ2) is 5.86. The van der Waals surface area contributed by atoms with E-state index in [0.717, 1.165) is 38.5 Å². The highest BCUT2D eigenvalue weighted by Gasteiger charge is 2.35. The first-order valence-corrected chi connectivity index (χ1v) is 8.40. The van der Waals surface area contributed by atoms with Crippen LogP contribution in [-0.2, 0) is 10.2 Å². The molecule has 1 aliphatic heterocycles. The SMILES string of the molecule is CC(O)CC1CCCCCN1S(=O)(=O)NC1CC1. The molecule has 0 aromatic carbocycles. The predicted octanol–water partition coefficient (Wildman–Crippen LogP) is 0.999. The molecule has 0 aromatic heterocycles. The second-order valence-corrected chi connectivity index (χ2v) is 7.25. The highest BCUT2D eigenvalue weighted by molar-refractivity contribution is 7.87. The van der Waals surface area contributed by atoms with E-state index < -0.39 is 16.3 Å². The quantitative estimate of drug-likeness (QED) is 0.787. The molecule has 18 heavy (non-hydrogen) atoms. The van der Waals surface area contributed by atoms with E-state index in [4.69, 9.17) is 0 Å². The molecule has 2 unspecified atom stereocenters. The van der Waals surface area contributed by atoms with Crippen molar-refractivity contribution in [2.24, 2.45) is 0 Å². The molecule has 2 N–H and O–H groups in total. The minimum atomic E-state index is -3.37. The zero-order valence-electron chi connectivity index (χ0n) is 11.0. The van der Waals surface area contributed by atoms with Gasteiger partial charge in [-0.1, -0.05) is 12.8 Å². The van der Waals surface area contributed by atoms with Gasteiger partial charge in [-0.3, -0.25) is 0 Å². The first-order chi connectivity index (χ1) is 8.49. The largest absolute Gasteiger partial charge is 0.393 e. The van der Waals surface area contributed by atoms with Gasteiger partial charge in [0.15, 0.2) is 0 Å². The van der Waals surface area contributed by atoms with Crippen molar-refractivity contribution in [3.8, 4) is 0 Å². The lowest BCUT2D eigenvalue weighted by atomic mass is 10.1. The number of hydrogen-bond donors (Lipinski definition) is 2. The monoisotopic (exact) mass is 276 g/mol. The van der Waals surface area contributed by atoms with Crippen molar-refractivity contribution in [3.05, 3.63) is 0 Å². The average molecular weight is 276 g/mol. The van der Waals surface area contributed by atoms with Gasteiger partial charge in [0, 0.05) is 18.6 Å². The van der Waals surface area contributed by atoms with E-state index in [9.17, 15) is 13.5 Å². The molecule has 5 nitrogen and oxygen atoms in total. The van der Waals surface area contributed by atoms with Crippen LogP contribution in [0.25, 0.3) is 0 Å². The third-order valence-electron chi connectivity index (χ3n) is 3.64. The molecule has 0 radical (unpaired) electrons. The van der Waals surface area contributed by atoms with Crippen molar-refractivity contribution in [3.63, 3.8) is 0 Å². The summed E-state index contributed by atoms with van der Waals surface area (Å²) in [4.78, 5) is 0. The van der Waals surface area contributed by atoms with E-state index in [1.165, 1.54) is 0 Å². The molecule has 0 amide bonds. The maximum Gasteiger partial charge on any atom is 0.279 e. The van der Waals surface area contributed by atoms with E-state index in [0.29, 0.717) is 13.0 Å². The third-order valence-corrected chi connectivity index (χ3v) is 5.37. The molecule has 2 fully saturated rings. The summed E-state index contributed by atoms with van der Waals surface area (Å²) in [6.07, 6.45) is 5.89. The van der Waals surface area contributed by atoms with Gasteiger partial charge in [0.05, 0.1) is 6.10 Å². The summed E-state index contributed by atoms with van der Waals surface area (Å²) in [5.41, 5.74) is 0. The minimum absolute atomic E-state index is 0.0521. The fraction of sp³-hybridized carbons (Fsp3) is 1.00. The van der Waals surface area contributed by atoms with Gasteiger partial charge in [0.2, 0.25) is 0 Å². The van der Waals surface area contributed by atoms with E-state index in [-0.39, 0.29) is 12.1 Å². The molecule has 1 aliphatic carbocycles. The third kappa shape index (κ3) is 3.91. The van der Waals surface area contributed by atoms with Crippen molar-refractivity contribution in [2.75, 3.05) is 6.54 Å². The van der Waals surface area contributed by atoms with E-state index >= 15 is 0 Å². The lowest BCUT2D eigenvalue weighted by Crippen LogP contribution is -2.48. The van der Waals surface area contributed by atoms with Crippen molar-refractivity contribution < 1.29 is 13.5 Å². The topological polar surface area (TPSA) is 69.6 Å². The lowest BCUT2D eigenvalue weighted by molar-refractivity contribution is 0.146.